The molecule has 0 saturated heterocycles. The number of rotatable bonds is 7. The molecule has 0 fully saturated rings. The van der Waals surface area contributed by atoms with Crippen LogP contribution in [0.3, 0.4) is 0 Å². The van der Waals surface area contributed by atoms with Crippen molar-refractivity contribution in [2.75, 3.05) is 6.54 Å². The Bertz CT molecular complexity index is 547. The molecule has 1 heterocycles. The lowest BCUT2D eigenvalue weighted by molar-refractivity contribution is 0.304. The highest BCUT2D eigenvalue weighted by Gasteiger charge is 2.14. The molecule has 0 aliphatic carbocycles. The second kappa shape index (κ2) is 7.57. The summed E-state index contributed by atoms with van der Waals surface area (Å²) in [4.78, 5) is 0. The number of benzene rings is 1. The van der Waals surface area contributed by atoms with Crippen LogP contribution in [0.4, 0.5) is 0 Å². The van der Waals surface area contributed by atoms with Gasteiger partial charge in [0, 0.05) is 5.02 Å². The Morgan fingerprint density at radius 3 is 2.90 bits per heavy atom. The van der Waals surface area contributed by atoms with Gasteiger partial charge >= 0.3 is 0 Å². The average molecular weight is 312 g/mol. The molecule has 0 aliphatic rings. The van der Waals surface area contributed by atoms with Crippen LogP contribution in [0, 0.1) is 0 Å². The lowest BCUT2D eigenvalue weighted by Gasteiger charge is -2.11. The molecule has 0 bridgehead atoms. The average Bonchev–Trinajstić information content (AvgIpc) is 2.91. The van der Waals surface area contributed by atoms with E-state index in [2.05, 4.69) is 29.4 Å². The normalized spacial score (nSPS) is 12.3. The predicted molar refractivity (Wildman–Crippen MR) is 82.4 cm³/mol. The van der Waals surface area contributed by atoms with Gasteiger partial charge < -0.3 is 10.1 Å². The number of hydrogen-bond acceptors (Lipinski definition) is 5. The molecule has 2 rings (SSSR count). The predicted octanol–water partition coefficient (Wildman–Crippen LogP) is 3.83. The van der Waals surface area contributed by atoms with Crippen molar-refractivity contribution in [1.29, 1.82) is 0 Å². The molecule has 4 nitrogen and oxygen atoms in total. The highest BCUT2D eigenvalue weighted by atomic mass is 35.5. The molecule has 6 heteroatoms. The number of ether oxygens (including phenoxy) is 1. The summed E-state index contributed by atoms with van der Waals surface area (Å²) in [5.74, 6) is 0.743. The molecule has 1 aromatic carbocycles. The van der Waals surface area contributed by atoms with Crippen LogP contribution < -0.4 is 10.1 Å². The summed E-state index contributed by atoms with van der Waals surface area (Å²) >= 11 is 7.50. The Morgan fingerprint density at radius 2 is 2.20 bits per heavy atom. The first-order valence-electron chi connectivity index (χ1n) is 6.67. The van der Waals surface area contributed by atoms with E-state index in [-0.39, 0.29) is 6.04 Å². The molecule has 1 aromatic heterocycles. The third-order valence-corrected chi connectivity index (χ3v) is 4.04. The first-order valence-corrected chi connectivity index (χ1v) is 7.86. The molecular weight excluding hydrogens is 294 g/mol. The number of nitrogens with one attached hydrogen (secondary N) is 1. The quantitative estimate of drug-likeness (QED) is 0.844. The van der Waals surface area contributed by atoms with Crippen LogP contribution in [0.1, 0.15) is 36.3 Å². The van der Waals surface area contributed by atoms with Gasteiger partial charge in [-0.2, -0.15) is 0 Å². The van der Waals surface area contributed by atoms with E-state index < -0.39 is 0 Å². The number of hydrogen-bond donors (Lipinski definition) is 1. The summed E-state index contributed by atoms with van der Waals surface area (Å²) in [6.07, 6.45) is 0.998. The topological polar surface area (TPSA) is 47.0 Å². The van der Waals surface area contributed by atoms with Crippen LogP contribution in [-0.2, 0) is 6.61 Å². The van der Waals surface area contributed by atoms with E-state index in [4.69, 9.17) is 16.3 Å². The molecule has 1 unspecified atom stereocenters. The van der Waals surface area contributed by atoms with Crippen LogP contribution in [0.5, 0.6) is 5.75 Å². The monoisotopic (exact) mass is 311 g/mol. The maximum Gasteiger partial charge on any atom is 0.155 e. The van der Waals surface area contributed by atoms with Gasteiger partial charge in [-0.15, -0.1) is 10.2 Å². The summed E-state index contributed by atoms with van der Waals surface area (Å²) in [5.41, 5.74) is 0. The Morgan fingerprint density at radius 1 is 1.35 bits per heavy atom. The maximum absolute atomic E-state index is 5.91. The Hall–Kier alpha value is -1.17. The van der Waals surface area contributed by atoms with E-state index in [9.17, 15) is 0 Å². The van der Waals surface area contributed by atoms with E-state index in [1.165, 1.54) is 0 Å². The fourth-order valence-corrected chi connectivity index (χ4v) is 2.92. The highest BCUT2D eigenvalue weighted by molar-refractivity contribution is 7.11. The van der Waals surface area contributed by atoms with E-state index in [1.807, 2.05) is 18.2 Å². The molecule has 0 aliphatic heterocycles. The van der Waals surface area contributed by atoms with Crippen LogP contribution in [0.25, 0.3) is 0 Å². The molecule has 0 spiro atoms. The molecule has 20 heavy (non-hydrogen) atoms. The molecule has 2 aromatic rings. The molecule has 1 atom stereocenters. The van der Waals surface area contributed by atoms with Crippen LogP contribution in [0.15, 0.2) is 24.3 Å². The van der Waals surface area contributed by atoms with Gasteiger partial charge in [-0.1, -0.05) is 42.9 Å². The lowest BCUT2D eigenvalue weighted by atomic mass is 10.2. The standard InChI is InChI=1S/C14H18ClN3OS/c1-3-12(16-4-2)14-18-17-13(20-14)9-19-11-7-5-6-10(15)8-11/h5-8,12,16H,3-4,9H2,1-2H3. The minimum Gasteiger partial charge on any atom is -0.486 e. The minimum atomic E-state index is 0.275. The summed E-state index contributed by atoms with van der Waals surface area (Å²) in [6, 6.07) is 7.62. The molecule has 0 amide bonds. The number of halogens is 1. The Kier molecular flexibility index (Phi) is 5.76. The van der Waals surface area contributed by atoms with Gasteiger partial charge in [0.05, 0.1) is 6.04 Å². The fraction of sp³-hybridized carbons (Fsp3) is 0.429. The van der Waals surface area contributed by atoms with Crippen molar-refractivity contribution >= 4 is 22.9 Å². The zero-order chi connectivity index (χ0) is 14.4. The molecule has 0 radical (unpaired) electrons. The molecule has 108 valence electrons. The van der Waals surface area contributed by atoms with E-state index in [0.29, 0.717) is 11.6 Å². The summed E-state index contributed by atoms with van der Waals surface area (Å²) in [7, 11) is 0. The highest BCUT2D eigenvalue weighted by Crippen LogP contribution is 2.23. The molecule has 0 saturated carbocycles. The van der Waals surface area contributed by atoms with Gasteiger partial charge in [-0.25, -0.2) is 0 Å². The first kappa shape index (κ1) is 15.2. The molecule has 1 N–H and O–H groups in total. The van der Waals surface area contributed by atoms with E-state index >= 15 is 0 Å². The Balaban J connectivity index is 1.95. The largest absolute Gasteiger partial charge is 0.486 e. The van der Waals surface area contributed by atoms with Gasteiger partial charge in [0.25, 0.3) is 0 Å². The minimum absolute atomic E-state index is 0.275. The second-order valence-corrected chi connectivity index (χ2v) is 5.83. The summed E-state index contributed by atoms with van der Waals surface area (Å²) < 4.78 is 5.66. The Labute approximate surface area is 128 Å². The third-order valence-electron chi connectivity index (χ3n) is 2.80. The smallest absolute Gasteiger partial charge is 0.155 e. The zero-order valence-electron chi connectivity index (χ0n) is 11.6. The van der Waals surface area contributed by atoms with E-state index in [1.54, 1.807) is 17.4 Å². The lowest BCUT2D eigenvalue weighted by Crippen LogP contribution is -2.19. The van der Waals surface area contributed by atoms with Crippen molar-refractivity contribution in [2.45, 2.75) is 32.9 Å². The van der Waals surface area contributed by atoms with Crippen molar-refractivity contribution in [3.05, 3.63) is 39.3 Å². The van der Waals surface area contributed by atoms with Gasteiger partial charge in [0.1, 0.15) is 17.4 Å². The van der Waals surface area contributed by atoms with Crippen molar-refractivity contribution < 1.29 is 4.74 Å². The van der Waals surface area contributed by atoms with Crippen molar-refractivity contribution in [1.82, 2.24) is 15.5 Å². The van der Waals surface area contributed by atoms with Crippen molar-refractivity contribution in [3.63, 3.8) is 0 Å². The van der Waals surface area contributed by atoms with Crippen molar-refractivity contribution in [2.24, 2.45) is 0 Å². The van der Waals surface area contributed by atoms with Gasteiger partial charge in [0.2, 0.25) is 0 Å². The van der Waals surface area contributed by atoms with Crippen molar-refractivity contribution in [3.8, 4) is 5.75 Å². The maximum atomic E-state index is 5.91. The van der Waals surface area contributed by atoms with Gasteiger partial charge in [0.15, 0.2) is 5.01 Å². The van der Waals surface area contributed by atoms with Gasteiger partial charge in [-0.05, 0) is 31.2 Å². The second-order valence-electron chi connectivity index (χ2n) is 4.30. The summed E-state index contributed by atoms with van der Waals surface area (Å²) in [5, 5.41) is 14.4. The SMILES string of the molecule is CCNC(CC)c1nnc(COc2cccc(Cl)c2)s1. The van der Waals surface area contributed by atoms with Gasteiger partial charge in [-0.3, -0.25) is 0 Å². The van der Waals surface area contributed by atoms with Crippen LogP contribution in [-0.4, -0.2) is 16.7 Å². The fourth-order valence-electron chi connectivity index (χ4n) is 1.82. The van der Waals surface area contributed by atoms with Crippen LogP contribution >= 0.6 is 22.9 Å². The number of nitrogens with zero attached hydrogens (tertiary/aromatic N) is 2. The first-order chi connectivity index (χ1) is 9.72. The molecular formula is C14H18ClN3OS. The van der Waals surface area contributed by atoms with Crippen LogP contribution in [0.2, 0.25) is 5.02 Å². The third kappa shape index (κ3) is 4.16. The number of aromatic nitrogens is 2. The zero-order valence-corrected chi connectivity index (χ0v) is 13.2. The summed E-state index contributed by atoms with van der Waals surface area (Å²) in [6.45, 7) is 5.57. The van der Waals surface area contributed by atoms with E-state index in [0.717, 1.165) is 28.7 Å².